The highest BCUT2D eigenvalue weighted by atomic mass is 35.5. The molecule has 1 aliphatic rings. The first-order valence-electron chi connectivity index (χ1n) is 6.03. The van der Waals surface area contributed by atoms with E-state index in [1.807, 2.05) is 0 Å². The molecular weight excluding hydrogens is 287 g/mol. The largest absolute Gasteiger partial charge is 0.481 e. The van der Waals surface area contributed by atoms with Crippen LogP contribution in [0.4, 0.5) is 0 Å². The summed E-state index contributed by atoms with van der Waals surface area (Å²) in [6.07, 6.45) is 0.337. The summed E-state index contributed by atoms with van der Waals surface area (Å²) in [5, 5.41) is 0.593. The molecule has 1 heterocycles. The van der Waals surface area contributed by atoms with Crippen molar-refractivity contribution in [3.05, 3.63) is 29.3 Å². The monoisotopic (exact) mass is 304 g/mol. The lowest BCUT2D eigenvalue weighted by Crippen LogP contribution is -2.40. The predicted octanol–water partition coefficient (Wildman–Crippen LogP) is 2.09. The van der Waals surface area contributed by atoms with Gasteiger partial charge in [0.2, 0.25) is 0 Å². The van der Waals surface area contributed by atoms with E-state index in [4.69, 9.17) is 22.1 Å². The predicted molar refractivity (Wildman–Crippen MR) is 78.0 cm³/mol. The van der Waals surface area contributed by atoms with Crippen molar-refractivity contribution in [3.63, 3.8) is 0 Å². The summed E-state index contributed by atoms with van der Waals surface area (Å²) < 4.78 is 5.59. The Morgan fingerprint density at radius 3 is 2.89 bits per heavy atom. The summed E-state index contributed by atoms with van der Waals surface area (Å²) in [7, 11) is 0. The maximum absolute atomic E-state index is 12.1. The molecule has 19 heavy (non-hydrogen) atoms. The van der Waals surface area contributed by atoms with E-state index in [2.05, 4.69) is 0 Å². The molecule has 1 unspecified atom stereocenters. The quantitative estimate of drug-likeness (QED) is 0.930. The zero-order valence-corrected chi connectivity index (χ0v) is 12.3. The highest BCUT2D eigenvalue weighted by Crippen LogP contribution is 2.19. The molecule has 0 spiro atoms. The fraction of sp³-hybridized carbons (Fsp3) is 0.462. The number of likely N-dealkylation sites (tertiary alicyclic amines) is 1. The van der Waals surface area contributed by atoms with Crippen LogP contribution in [0.15, 0.2) is 24.3 Å². The number of ether oxygens (including phenoxy) is 1. The number of hydrogen-bond acceptors (Lipinski definition) is 3. The average molecular weight is 305 g/mol. The van der Waals surface area contributed by atoms with Gasteiger partial charge in [0.05, 0.1) is 0 Å². The van der Waals surface area contributed by atoms with Gasteiger partial charge >= 0.3 is 0 Å². The molecule has 4 nitrogen and oxygen atoms in total. The van der Waals surface area contributed by atoms with Crippen molar-refractivity contribution in [2.45, 2.75) is 25.5 Å². The zero-order valence-electron chi connectivity index (χ0n) is 10.7. The Morgan fingerprint density at radius 2 is 2.32 bits per heavy atom. The molecule has 0 radical (unpaired) electrons. The first kappa shape index (κ1) is 16.1. The number of benzene rings is 1. The van der Waals surface area contributed by atoms with Crippen molar-refractivity contribution in [1.82, 2.24) is 4.90 Å². The van der Waals surface area contributed by atoms with Gasteiger partial charge in [-0.1, -0.05) is 17.7 Å². The van der Waals surface area contributed by atoms with Crippen LogP contribution >= 0.6 is 24.0 Å². The van der Waals surface area contributed by atoms with Crippen LogP contribution in [-0.2, 0) is 4.79 Å². The van der Waals surface area contributed by atoms with Gasteiger partial charge < -0.3 is 15.4 Å². The van der Waals surface area contributed by atoms with Crippen LogP contribution in [0.5, 0.6) is 5.75 Å². The Hall–Kier alpha value is -0.970. The van der Waals surface area contributed by atoms with Crippen molar-refractivity contribution >= 4 is 29.9 Å². The van der Waals surface area contributed by atoms with E-state index in [1.54, 1.807) is 36.1 Å². The first-order valence-corrected chi connectivity index (χ1v) is 6.40. The minimum atomic E-state index is -0.520. The summed E-state index contributed by atoms with van der Waals surface area (Å²) in [5.74, 6) is 0.578. The fourth-order valence-corrected chi connectivity index (χ4v) is 2.22. The van der Waals surface area contributed by atoms with Crippen LogP contribution in [0.1, 0.15) is 13.3 Å². The minimum Gasteiger partial charge on any atom is -0.481 e. The molecule has 2 rings (SSSR count). The van der Waals surface area contributed by atoms with E-state index in [1.165, 1.54) is 0 Å². The molecule has 0 saturated carbocycles. The van der Waals surface area contributed by atoms with E-state index in [0.29, 0.717) is 23.9 Å². The van der Waals surface area contributed by atoms with Crippen molar-refractivity contribution in [1.29, 1.82) is 0 Å². The van der Waals surface area contributed by atoms with Gasteiger partial charge in [0.25, 0.3) is 5.91 Å². The van der Waals surface area contributed by atoms with Gasteiger partial charge in [-0.05, 0) is 31.5 Å². The SMILES string of the molecule is CC(Oc1cccc(Cl)c1)C(=O)N1CC[C@H](N)C1.Cl. The van der Waals surface area contributed by atoms with E-state index >= 15 is 0 Å². The van der Waals surface area contributed by atoms with Gasteiger partial charge in [-0.25, -0.2) is 0 Å². The second-order valence-corrected chi connectivity index (χ2v) is 4.99. The van der Waals surface area contributed by atoms with E-state index in [-0.39, 0.29) is 24.4 Å². The fourth-order valence-electron chi connectivity index (χ4n) is 2.04. The second-order valence-electron chi connectivity index (χ2n) is 4.55. The first-order chi connectivity index (χ1) is 8.56. The molecule has 1 aliphatic heterocycles. The molecule has 2 N–H and O–H groups in total. The number of hydrogen-bond donors (Lipinski definition) is 1. The molecule has 1 saturated heterocycles. The lowest BCUT2D eigenvalue weighted by atomic mass is 10.3. The third-order valence-electron chi connectivity index (χ3n) is 2.99. The Labute approximate surface area is 124 Å². The molecular formula is C13H18Cl2N2O2. The van der Waals surface area contributed by atoms with Gasteiger partial charge in [0, 0.05) is 24.2 Å². The second kappa shape index (κ2) is 6.98. The summed E-state index contributed by atoms with van der Waals surface area (Å²) in [4.78, 5) is 13.8. The number of rotatable bonds is 3. The normalized spacial score (nSPS) is 19.7. The summed E-state index contributed by atoms with van der Waals surface area (Å²) in [5.41, 5.74) is 5.78. The van der Waals surface area contributed by atoms with Gasteiger partial charge in [-0.3, -0.25) is 4.79 Å². The van der Waals surface area contributed by atoms with E-state index < -0.39 is 6.10 Å². The smallest absolute Gasteiger partial charge is 0.263 e. The molecule has 1 aromatic carbocycles. The Morgan fingerprint density at radius 1 is 1.58 bits per heavy atom. The van der Waals surface area contributed by atoms with Gasteiger partial charge in [0.15, 0.2) is 6.10 Å². The Balaban J connectivity index is 0.00000180. The number of nitrogens with two attached hydrogens (primary N) is 1. The number of carbonyl (C=O) groups excluding carboxylic acids is 1. The maximum Gasteiger partial charge on any atom is 0.263 e. The number of nitrogens with zero attached hydrogens (tertiary/aromatic N) is 1. The minimum absolute atomic E-state index is 0. The highest BCUT2D eigenvalue weighted by molar-refractivity contribution is 6.30. The van der Waals surface area contributed by atoms with Crippen LogP contribution in [0.2, 0.25) is 5.02 Å². The van der Waals surface area contributed by atoms with Crippen LogP contribution in [0.25, 0.3) is 0 Å². The molecule has 6 heteroatoms. The van der Waals surface area contributed by atoms with Crippen molar-refractivity contribution in [3.8, 4) is 5.75 Å². The van der Waals surface area contributed by atoms with Crippen LogP contribution in [0, 0.1) is 0 Å². The number of carbonyl (C=O) groups is 1. The van der Waals surface area contributed by atoms with Crippen molar-refractivity contribution in [2.75, 3.05) is 13.1 Å². The van der Waals surface area contributed by atoms with Gasteiger partial charge in [-0.15, -0.1) is 12.4 Å². The Kier molecular flexibility index (Phi) is 5.91. The highest BCUT2D eigenvalue weighted by Gasteiger charge is 2.28. The van der Waals surface area contributed by atoms with Crippen molar-refractivity contribution in [2.24, 2.45) is 5.73 Å². The lowest BCUT2D eigenvalue weighted by molar-refractivity contribution is -0.136. The van der Waals surface area contributed by atoms with Crippen LogP contribution in [0.3, 0.4) is 0 Å². The summed E-state index contributed by atoms with van der Waals surface area (Å²) >= 11 is 5.86. The summed E-state index contributed by atoms with van der Waals surface area (Å²) in [6, 6.07) is 7.13. The topological polar surface area (TPSA) is 55.6 Å². The number of halogens is 2. The molecule has 0 aromatic heterocycles. The molecule has 1 fully saturated rings. The van der Waals surface area contributed by atoms with Gasteiger partial charge in [0.1, 0.15) is 5.75 Å². The molecule has 2 atom stereocenters. The molecule has 1 amide bonds. The van der Waals surface area contributed by atoms with Crippen LogP contribution < -0.4 is 10.5 Å². The van der Waals surface area contributed by atoms with Gasteiger partial charge in [-0.2, -0.15) is 0 Å². The Bertz CT molecular complexity index is 442. The molecule has 1 aromatic rings. The third kappa shape index (κ3) is 4.27. The molecule has 0 bridgehead atoms. The van der Waals surface area contributed by atoms with Crippen LogP contribution in [-0.4, -0.2) is 36.0 Å². The third-order valence-corrected chi connectivity index (χ3v) is 3.23. The van der Waals surface area contributed by atoms with Crippen molar-refractivity contribution < 1.29 is 9.53 Å². The summed E-state index contributed by atoms with van der Waals surface area (Å²) in [6.45, 7) is 3.07. The zero-order chi connectivity index (χ0) is 13.1. The molecule has 0 aliphatic carbocycles. The van der Waals surface area contributed by atoms with E-state index in [9.17, 15) is 4.79 Å². The number of amides is 1. The lowest BCUT2D eigenvalue weighted by Gasteiger charge is -2.21. The van der Waals surface area contributed by atoms with E-state index in [0.717, 1.165) is 6.42 Å². The standard InChI is InChI=1S/C13H17ClN2O2.ClH/c1-9(13(17)16-6-5-11(15)8-16)18-12-4-2-3-10(14)7-12;/h2-4,7,9,11H,5-6,8,15H2,1H3;1H/t9?,11-;/m0./s1. The molecule has 106 valence electrons. The average Bonchev–Trinajstić information content (AvgIpc) is 2.75. The maximum atomic E-state index is 12.1.